The Kier molecular flexibility index (Phi) is 12.1. The van der Waals surface area contributed by atoms with Crippen molar-refractivity contribution in [1.82, 2.24) is 31.3 Å². The summed E-state index contributed by atoms with van der Waals surface area (Å²) in [4.78, 5) is 38.9. The van der Waals surface area contributed by atoms with Crippen LogP contribution in [0, 0.1) is 11.8 Å². The fourth-order valence-electron chi connectivity index (χ4n) is 6.18. The molecular weight excluding hydrogens is 728 g/mol. The zero-order valence-corrected chi connectivity index (χ0v) is 31.0. The summed E-state index contributed by atoms with van der Waals surface area (Å²) in [5.41, 5.74) is -0.0665. The number of H-pyrrole nitrogens is 1. The number of carbonyl (C=O) groups excluding carboxylic acids is 3. The maximum atomic E-state index is 14.0. The molecule has 5 rings (SSSR count). The molecule has 0 unspecified atom stereocenters. The Morgan fingerprint density at radius 2 is 1.57 bits per heavy atom. The molecule has 1 atom stereocenters. The molecule has 0 aliphatic heterocycles. The number of aromatic amines is 1. The highest BCUT2D eigenvalue weighted by Crippen LogP contribution is 2.38. The number of ether oxygens (including phenoxy) is 1. The van der Waals surface area contributed by atoms with Crippen molar-refractivity contribution in [2.45, 2.75) is 75.6 Å². The number of benzene rings is 3. The quantitative estimate of drug-likeness (QED) is 0.143. The lowest BCUT2D eigenvalue weighted by Crippen LogP contribution is -2.48. The van der Waals surface area contributed by atoms with Gasteiger partial charge in [0.05, 0.1) is 10.5 Å². The number of tetrazole rings is 1. The summed E-state index contributed by atoms with van der Waals surface area (Å²) >= 11 is 0. The zero-order valence-electron chi connectivity index (χ0n) is 30.2. The van der Waals surface area contributed by atoms with Crippen LogP contribution < -0.4 is 16.0 Å². The van der Waals surface area contributed by atoms with Crippen molar-refractivity contribution in [3.8, 4) is 22.5 Å². The molecule has 3 amide bonds. The molecule has 1 heterocycles. The number of rotatable bonds is 11. The third-order valence-electron chi connectivity index (χ3n) is 8.97. The molecule has 0 saturated heterocycles. The van der Waals surface area contributed by atoms with Crippen molar-refractivity contribution >= 4 is 33.4 Å². The van der Waals surface area contributed by atoms with E-state index in [0.29, 0.717) is 60.9 Å². The van der Waals surface area contributed by atoms with Crippen molar-refractivity contribution in [2.75, 3.05) is 18.1 Å². The Balaban J connectivity index is 1.30. The van der Waals surface area contributed by atoms with Crippen LogP contribution in [-0.4, -0.2) is 71.4 Å². The van der Waals surface area contributed by atoms with Crippen molar-refractivity contribution in [2.24, 2.45) is 11.8 Å². The Morgan fingerprint density at radius 1 is 0.926 bits per heavy atom. The van der Waals surface area contributed by atoms with Crippen LogP contribution in [0.1, 0.15) is 57.6 Å². The van der Waals surface area contributed by atoms with Gasteiger partial charge in [-0.1, -0.05) is 30.3 Å². The SMILES string of the molecule is CC(C)(C)OC(=O)NCC1CCC(C(=O)N[C@@H](Cc2ccc(-c3ccc(S(C)(=O)=O)cc3C(F)(F)F)cc2)C(=O)Nc2ccc(-c3nn[nH]n3)cc2)CC1. The van der Waals surface area contributed by atoms with Gasteiger partial charge in [-0.25, -0.2) is 13.2 Å². The topological polar surface area (TPSA) is 185 Å². The van der Waals surface area contributed by atoms with Gasteiger partial charge >= 0.3 is 12.3 Å². The van der Waals surface area contributed by atoms with Crippen LogP contribution in [0.5, 0.6) is 0 Å². The van der Waals surface area contributed by atoms with E-state index in [1.54, 1.807) is 57.2 Å². The highest BCUT2D eigenvalue weighted by molar-refractivity contribution is 7.90. The van der Waals surface area contributed by atoms with E-state index in [1.807, 2.05) is 0 Å². The van der Waals surface area contributed by atoms with Crippen LogP contribution in [0.3, 0.4) is 0 Å². The molecule has 54 heavy (non-hydrogen) atoms. The maximum absolute atomic E-state index is 14.0. The lowest BCUT2D eigenvalue weighted by molar-refractivity contribution is -0.137. The number of amides is 3. The first-order chi connectivity index (χ1) is 25.4. The predicted molar refractivity (Wildman–Crippen MR) is 194 cm³/mol. The molecule has 4 N–H and O–H groups in total. The summed E-state index contributed by atoms with van der Waals surface area (Å²) in [6.07, 6.45) is -2.00. The number of anilines is 1. The van der Waals surface area contributed by atoms with Crippen LogP contribution in [-0.2, 0) is 36.8 Å². The highest BCUT2D eigenvalue weighted by atomic mass is 32.2. The van der Waals surface area contributed by atoms with E-state index >= 15 is 0 Å². The van der Waals surface area contributed by atoms with Gasteiger partial charge in [-0.15, -0.1) is 10.2 Å². The first-order valence-corrected chi connectivity index (χ1v) is 19.2. The van der Waals surface area contributed by atoms with E-state index in [0.717, 1.165) is 18.4 Å². The fraction of sp³-hybridized carbons (Fsp3) is 0.405. The largest absolute Gasteiger partial charge is 0.444 e. The summed E-state index contributed by atoms with van der Waals surface area (Å²) in [6.45, 7) is 5.76. The smallest absolute Gasteiger partial charge is 0.417 e. The Hall–Kier alpha value is -5.32. The number of sulfone groups is 1. The molecule has 1 saturated carbocycles. The number of alkyl carbamates (subject to hydrolysis) is 1. The summed E-state index contributed by atoms with van der Waals surface area (Å²) in [7, 11) is -3.88. The Bertz CT molecular complexity index is 2040. The molecule has 0 spiro atoms. The van der Waals surface area contributed by atoms with Crippen LogP contribution in [0.2, 0.25) is 0 Å². The summed E-state index contributed by atoms with van der Waals surface area (Å²) in [6, 6.07) is 14.6. The average molecular weight is 770 g/mol. The third kappa shape index (κ3) is 10.9. The van der Waals surface area contributed by atoms with Gasteiger partial charge in [0.15, 0.2) is 9.84 Å². The number of carbonyl (C=O) groups is 3. The van der Waals surface area contributed by atoms with Crippen LogP contribution in [0.4, 0.5) is 23.7 Å². The molecule has 1 aliphatic carbocycles. The molecule has 1 fully saturated rings. The van der Waals surface area contributed by atoms with E-state index in [-0.39, 0.29) is 35.3 Å². The first-order valence-electron chi connectivity index (χ1n) is 17.3. The minimum Gasteiger partial charge on any atom is -0.444 e. The van der Waals surface area contributed by atoms with E-state index in [4.69, 9.17) is 4.74 Å². The normalized spacial score (nSPS) is 16.9. The molecule has 13 nitrogen and oxygen atoms in total. The van der Waals surface area contributed by atoms with Gasteiger partial charge in [-0.2, -0.15) is 18.4 Å². The number of hydrogen-bond acceptors (Lipinski definition) is 9. The summed E-state index contributed by atoms with van der Waals surface area (Å²) < 4.78 is 71.3. The number of nitrogens with one attached hydrogen (secondary N) is 4. The number of alkyl halides is 3. The molecule has 3 aromatic carbocycles. The second-order valence-corrected chi connectivity index (χ2v) is 16.4. The minimum absolute atomic E-state index is 0.0209. The van der Waals surface area contributed by atoms with Crippen LogP contribution >= 0.6 is 0 Å². The molecule has 1 aromatic heterocycles. The van der Waals surface area contributed by atoms with Gasteiger partial charge in [0.25, 0.3) is 0 Å². The standard InChI is InChI=1S/C37H42F3N7O6S/c1-36(2,3)53-35(50)41-21-23-7-11-26(12-8-23)33(48)43-31(34(49)42-27-15-13-25(14-16-27)32-44-46-47-45-32)19-22-5-9-24(10-6-22)29-18-17-28(54(4,51)52)20-30(29)37(38,39)40/h5-6,9-10,13-18,20,23,26,31H,7-8,11-12,19,21H2,1-4H3,(H,41,50)(H,42,49)(H,43,48)(H,44,45,46,47)/t23?,26?,31-/m0/s1. The molecule has 17 heteroatoms. The van der Waals surface area contributed by atoms with Gasteiger partial charge in [0, 0.05) is 36.4 Å². The first kappa shape index (κ1) is 39.9. The van der Waals surface area contributed by atoms with Gasteiger partial charge in [0.2, 0.25) is 17.6 Å². The van der Waals surface area contributed by atoms with E-state index in [9.17, 15) is 36.0 Å². The summed E-state index contributed by atoms with van der Waals surface area (Å²) in [5, 5.41) is 22.3. The third-order valence-corrected chi connectivity index (χ3v) is 10.1. The number of halogens is 3. The molecule has 0 bridgehead atoms. The van der Waals surface area contributed by atoms with Gasteiger partial charge < -0.3 is 20.7 Å². The lowest BCUT2D eigenvalue weighted by Gasteiger charge is -2.29. The second kappa shape index (κ2) is 16.4. The van der Waals surface area contributed by atoms with E-state index in [1.165, 1.54) is 12.1 Å². The van der Waals surface area contributed by atoms with Gasteiger partial charge in [-0.05, 0) is 111 Å². The van der Waals surface area contributed by atoms with Crippen molar-refractivity contribution in [3.05, 3.63) is 77.9 Å². The minimum atomic E-state index is -4.82. The number of aromatic nitrogens is 4. The number of hydrogen-bond donors (Lipinski definition) is 4. The van der Waals surface area contributed by atoms with E-state index < -0.39 is 50.1 Å². The lowest BCUT2D eigenvalue weighted by atomic mass is 9.81. The van der Waals surface area contributed by atoms with E-state index in [2.05, 4.69) is 36.6 Å². The van der Waals surface area contributed by atoms with Crippen molar-refractivity contribution in [1.29, 1.82) is 0 Å². The summed E-state index contributed by atoms with van der Waals surface area (Å²) in [5.74, 6) is -0.657. The zero-order chi connectivity index (χ0) is 39.3. The number of nitrogens with zero attached hydrogens (tertiary/aromatic N) is 3. The molecular formula is C37H42F3N7O6S. The van der Waals surface area contributed by atoms with Crippen LogP contribution in [0.15, 0.2) is 71.6 Å². The highest BCUT2D eigenvalue weighted by Gasteiger charge is 2.35. The average Bonchev–Trinajstić information content (AvgIpc) is 3.65. The fourth-order valence-corrected chi connectivity index (χ4v) is 6.83. The second-order valence-electron chi connectivity index (χ2n) is 14.3. The molecule has 1 aliphatic rings. The molecule has 4 aromatic rings. The van der Waals surface area contributed by atoms with Gasteiger partial charge in [-0.3, -0.25) is 9.59 Å². The van der Waals surface area contributed by atoms with Crippen LogP contribution in [0.25, 0.3) is 22.5 Å². The van der Waals surface area contributed by atoms with Crippen molar-refractivity contribution in [3.63, 3.8) is 0 Å². The maximum Gasteiger partial charge on any atom is 0.417 e. The van der Waals surface area contributed by atoms with Gasteiger partial charge in [0.1, 0.15) is 11.6 Å². The predicted octanol–water partition coefficient (Wildman–Crippen LogP) is 5.95. The van der Waals surface area contributed by atoms with Crippen molar-refractivity contribution < 1.29 is 40.7 Å². The monoisotopic (exact) mass is 769 g/mol. The molecule has 0 radical (unpaired) electrons. The molecule has 288 valence electrons. The Morgan fingerprint density at radius 3 is 2.15 bits per heavy atom. The Labute approximate surface area is 310 Å².